The van der Waals surface area contributed by atoms with E-state index in [2.05, 4.69) is 46.3 Å². The molecule has 0 fully saturated rings. The quantitative estimate of drug-likeness (QED) is 0.524. The average Bonchev–Trinajstić information content (AvgIpc) is 2.49. The molecule has 3 aromatic carbocycles. The van der Waals surface area contributed by atoms with Gasteiger partial charge in [-0.3, -0.25) is 0 Å². The van der Waals surface area contributed by atoms with Gasteiger partial charge in [0.05, 0.1) is 4.83 Å². The highest BCUT2D eigenvalue weighted by Crippen LogP contribution is 2.33. The number of fused-ring (bicyclic) bond motifs is 1. The maximum atomic E-state index is 13.4. The molecular weight excluding hydrogens is 315 g/mol. The van der Waals surface area contributed by atoms with Crippen LogP contribution in [0.15, 0.2) is 60.7 Å². The van der Waals surface area contributed by atoms with E-state index < -0.39 is 0 Å². The standard InChI is InChI=1S/C18H14BrF/c1-12-10-15(8-9-17(12)20)18(19)16-7-6-13-4-2-3-5-14(13)11-16/h2-11,18H,1H3. The molecule has 0 heterocycles. The third-order valence-corrected chi connectivity index (χ3v) is 4.60. The molecule has 0 spiro atoms. The van der Waals surface area contributed by atoms with E-state index in [0.29, 0.717) is 5.56 Å². The summed E-state index contributed by atoms with van der Waals surface area (Å²) in [7, 11) is 0. The van der Waals surface area contributed by atoms with Gasteiger partial charge in [-0.05, 0) is 46.5 Å². The second kappa shape index (κ2) is 5.37. The highest BCUT2D eigenvalue weighted by atomic mass is 79.9. The Balaban J connectivity index is 2.02. The minimum Gasteiger partial charge on any atom is -0.207 e. The third-order valence-electron chi connectivity index (χ3n) is 3.54. The lowest BCUT2D eigenvalue weighted by Crippen LogP contribution is -1.94. The summed E-state index contributed by atoms with van der Waals surface area (Å²) in [5, 5.41) is 2.44. The molecule has 0 radical (unpaired) electrons. The average molecular weight is 329 g/mol. The summed E-state index contributed by atoms with van der Waals surface area (Å²) in [6.45, 7) is 1.79. The Kier molecular flexibility index (Phi) is 3.58. The van der Waals surface area contributed by atoms with Crippen molar-refractivity contribution in [2.75, 3.05) is 0 Å². The van der Waals surface area contributed by atoms with Crippen LogP contribution >= 0.6 is 15.9 Å². The molecule has 0 saturated carbocycles. The molecule has 0 saturated heterocycles. The van der Waals surface area contributed by atoms with Crippen LogP contribution in [0.25, 0.3) is 10.8 Å². The molecular formula is C18H14BrF. The second-order valence-electron chi connectivity index (χ2n) is 4.98. The highest BCUT2D eigenvalue weighted by Gasteiger charge is 2.12. The van der Waals surface area contributed by atoms with Gasteiger partial charge in [0.1, 0.15) is 5.82 Å². The Morgan fingerprint density at radius 1 is 0.850 bits per heavy atom. The molecule has 0 aromatic heterocycles. The zero-order chi connectivity index (χ0) is 14.1. The molecule has 0 bridgehead atoms. The number of aryl methyl sites for hydroxylation is 1. The minimum atomic E-state index is -0.160. The fourth-order valence-electron chi connectivity index (χ4n) is 2.38. The number of hydrogen-bond donors (Lipinski definition) is 0. The number of benzene rings is 3. The Labute approximate surface area is 126 Å². The van der Waals surface area contributed by atoms with Crippen molar-refractivity contribution < 1.29 is 4.39 Å². The van der Waals surface area contributed by atoms with Crippen molar-refractivity contribution in [2.45, 2.75) is 11.8 Å². The molecule has 1 unspecified atom stereocenters. The van der Waals surface area contributed by atoms with Gasteiger partial charge in [-0.25, -0.2) is 4.39 Å². The van der Waals surface area contributed by atoms with Gasteiger partial charge in [0.25, 0.3) is 0 Å². The Bertz CT molecular complexity index is 764. The predicted octanol–water partition coefficient (Wildman–Crippen LogP) is 5.77. The molecule has 0 nitrogen and oxygen atoms in total. The van der Waals surface area contributed by atoms with Crippen LogP contribution in [-0.2, 0) is 0 Å². The van der Waals surface area contributed by atoms with Crippen molar-refractivity contribution in [3.63, 3.8) is 0 Å². The first-order chi connectivity index (χ1) is 9.65. The molecule has 3 rings (SSSR count). The number of alkyl halides is 1. The molecule has 0 aliphatic carbocycles. The van der Waals surface area contributed by atoms with Crippen molar-refractivity contribution in [3.8, 4) is 0 Å². The number of halogens is 2. The van der Waals surface area contributed by atoms with Crippen molar-refractivity contribution in [1.29, 1.82) is 0 Å². The van der Waals surface area contributed by atoms with E-state index >= 15 is 0 Å². The lowest BCUT2D eigenvalue weighted by atomic mass is 10.00. The largest absolute Gasteiger partial charge is 0.207 e. The predicted molar refractivity (Wildman–Crippen MR) is 85.9 cm³/mol. The van der Waals surface area contributed by atoms with Gasteiger partial charge in [0.15, 0.2) is 0 Å². The third kappa shape index (κ3) is 2.48. The van der Waals surface area contributed by atoms with Crippen LogP contribution in [0.2, 0.25) is 0 Å². The van der Waals surface area contributed by atoms with E-state index in [1.54, 1.807) is 6.92 Å². The van der Waals surface area contributed by atoms with Gasteiger partial charge in [-0.2, -0.15) is 0 Å². The molecule has 3 aromatic rings. The van der Waals surface area contributed by atoms with E-state index in [-0.39, 0.29) is 10.6 Å². The fraction of sp³-hybridized carbons (Fsp3) is 0.111. The minimum absolute atomic E-state index is 0.0754. The van der Waals surface area contributed by atoms with Gasteiger partial charge in [0.2, 0.25) is 0 Å². The maximum absolute atomic E-state index is 13.4. The van der Waals surface area contributed by atoms with Gasteiger partial charge >= 0.3 is 0 Å². The summed E-state index contributed by atoms with van der Waals surface area (Å²) in [4.78, 5) is 0.0754. The van der Waals surface area contributed by atoms with E-state index in [4.69, 9.17) is 0 Å². The van der Waals surface area contributed by atoms with Crippen molar-refractivity contribution in [2.24, 2.45) is 0 Å². The Morgan fingerprint density at radius 2 is 1.50 bits per heavy atom. The summed E-state index contributed by atoms with van der Waals surface area (Å²) in [6, 6.07) is 19.9. The van der Waals surface area contributed by atoms with Crippen LogP contribution in [0.3, 0.4) is 0 Å². The zero-order valence-electron chi connectivity index (χ0n) is 11.1. The van der Waals surface area contributed by atoms with Crippen LogP contribution < -0.4 is 0 Å². The number of rotatable bonds is 2. The van der Waals surface area contributed by atoms with Crippen LogP contribution in [0.4, 0.5) is 4.39 Å². The molecule has 2 heteroatoms. The monoisotopic (exact) mass is 328 g/mol. The van der Waals surface area contributed by atoms with Crippen molar-refractivity contribution in [3.05, 3.63) is 83.2 Å². The van der Waals surface area contributed by atoms with Crippen molar-refractivity contribution in [1.82, 2.24) is 0 Å². The summed E-state index contributed by atoms with van der Waals surface area (Å²) >= 11 is 3.72. The topological polar surface area (TPSA) is 0 Å². The maximum Gasteiger partial charge on any atom is 0.126 e. The summed E-state index contributed by atoms with van der Waals surface area (Å²) in [5.74, 6) is -0.160. The van der Waals surface area contributed by atoms with Gasteiger partial charge in [-0.15, -0.1) is 0 Å². The van der Waals surface area contributed by atoms with Crippen LogP contribution in [0.1, 0.15) is 21.5 Å². The van der Waals surface area contributed by atoms with Crippen LogP contribution in [0, 0.1) is 12.7 Å². The van der Waals surface area contributed by atoms with E-state index in [9.17, 15) is 4.39 Å². The first-order valence-corrected chi connectivity index (χ1v) is 7.45. The Morgan fingerprint density at radius 3 is 2.25 bits per heavy atom. The summed E-state index contributed by atoms with van der Waals surface area (Å²) in [6.07, 6.45) is 0. The SMILES string of the molecule is Cc1cc(C(Br)c2ccc3ccccc3c2)ccc1F. The lowest BCUT2D eigenvalue weighted by molar-refractivity contribution is 0.618. The molecule has 0 amide bonds. The molecule has 20 heavy (non-hydrogen) atoms. The van der Waals surface area contributed by atoms with E-state index in [1.165, 1.54) is 22.4 Å². The van der Waals surface area contributed by atoms with Gasteiger partial charge in [-0.1, -0.05) is 64.5 Å². The molecule has 0 aliphatic heterocycles. The smallest absolute Gasteiger partial charge is 0.126 e. The lowest BCUT2D eigenvalue weighted by Gasteiger charge is -2.13. The fourth-order valence-corrected chi connectivity index (χ4v) is 2.95. The zero-order valence-corrected chi connectivity index (χ0v) is 12.7. The van der Waals surface area contributed by atoms with E-state index in [1.807, 2.05) is 24.3 Å². The Hall–Kier alpha value is -1.67. The highest BCUT2D eigenvalue weighted by molar-refractivity contribution is 9.09. The van der Waals surface area contributed by atoms with Gasteiger partial charge < -0.3 is 0 Å². The second-order valence-corrected chi connectivity index (χ2v) is 5.89. The summed E-state index contributed by atoms with van der Waals surface area (Å²) < 4.78 is 13.4. The first-order valence-electron chi connectivity index (χ1n) is 6.54. The molecule has 1 atom stereocenters. The van der Waals surface area contributed by atoms with Crippen LogP contribution in [-0.4, -0.2) is 0 Å². The van der Waals surface area contributed by atoms with Crippen LogP contribution in [0.5, 0.6) is 0 Å². The molecule has 0 N–H and O–H groups in total. The normalized spacial score (nSPS) is 12.6. The van der Waals surface area contributed by atoms with Crippen molar-refractivity contribution >= 4 is 26.7 Å². The molecule has 100 valence electrons. The van der Waals surface area contributed by atoms with E-state index in [0.717, 1.165) is 5.56 Å². The first kappa shape index (κ1) is 13.3. The van der Waals surface area contributed by atoms with Gasteiger partial charge in [0, 0.05) is 0 Å². The summed E-state index contributed by atoms with van der Waals surface area (Å²) in [5.41, 5.74) is 2.92. The molecule has 0 aliphatic rings. The number of hydrogen-bond acceptors (Lipinski definition) is 0.